The monoisotopic (exact) mass is 399 g/mol. The second-order valence-electron chi connectivity index (χ2n) is 6.24. The van der Waals surface area contributed by atoms with E-state index in [1.165, 1.54) is 22.5 Å². The van der Waals surface area contributed by atoms with Gasteiger partial charge in [-0.25, -0.2) is 0 Å². The van der Waals surface area contributed by atoms with E-state index in [4.69, 9.17) is 4.74 Å². The van der Waals surface area contributed by atoms with Crippen LogP contribution >= 0.6 is 23.1 Å². The van der Waals surface area contributed by atoms with Crippen molar-refractivity contribution in [2.45, 2.75) is 29.9 Å². The van der Waals surface area contributed by atoms with Crippen molar-refractivity contribution in [3.63, 3.8) is 0 Å². The van der Waals surface area contributed by atoms with Crippen molar-refractivity contribution in [2.24, 2.45) is 0 Å². The first-order valence-electron chi connectivity index (χ1n) is 8.55. The molecule has 7 heteroatoms. The van der Waals surface area contributed by atoms with Gasteiger partial charge in [-0.3, -0.25) is 10.1 Å². The number of nitrogens with zero attached hydrogens (tertiary/aromatic N) is 2. The zero-order valence-electron chi connectivity index (χ0n) is 15.4. The highest BCUT2D eigenvalue weighted by Crippen LogP contribution is 2.29. The van der Waals surface area contributed by atoms with E-state index in [0.717, 1.165) is 10.1 Å². The molecule has 0 atom stereocenters. The molecule has 0 fully saturated rings. The van der Waals surface area contributed by atoms with Crippen molar-refractivity contribution in [1.29, 1.82) is 0 Å². The highest BCUT2D eigenvalue weighted by Gasteiger charge is 2.11. The zero-order chi connectivity index (χ0) is 19.2. The molecule has 0 bridgehead atoms. The maximum Gasteiger partial charge on any atom is 0.257 e. The summed E-state index contributed by atoms with van der Waals surface area (Å²) in [6.07, 6.45) is 0. The third-order valence-electron chi connectivity index (χ3n) is 3.97. The molecule has 1 N–H and O–H groups in total. The average Bonchev–Trinajstić information content (AvgIpc) is 3.14. The van der Waals surface area contributed by atoms with Crippen molar-refractivity contribution in [2.75, 3.05) is 12.4 Å². The molecule has 1 amide bonds. The lowest BCUT2D eigenvalue weighted by Gasteiger charge is -2.06. The smallest absolute Gasteiger partial charge is 0.257 e. The van der Waals surface area contributed by atoms with Crippen LogP contribution in [-0.2, 0) is 5.75 Å². The van der Waals surface area contributed by atoms with Crippen LogP contribution in [0.2, 0.25) is 0 Å². The molecule has 0 aliphatic heterocycles. The normalized spacial score (nSPS) is 10.8. The lowest BCUT2D eigenvalue weighted by molar-refractivity contribution is 0.102. The summed E-state index contributed by atoms with van der Waals surface area (Å²) < 4.78 is 5.97. The Balaban J connectivity index is 1.57. The quantitative estimate of drug-likeness (QED) is 0.436. The summed E-state index contributed by atoms with van der Waals surface area (Å²) in [4.78, 5) is 12.3. The van der Waals surface area contributed by atoms with E-state index in [9.17, 15) is 4.79 Å². The lowest BCUT2D eigenvalue weighted by atomic mass is 10.0. The van der Waals surface area contributed by atoms with E-state index < -0.39 is 0 Å². The van der Waals surface area contributed by atoms with E-state index in [0.29, 0.717) is 22.4 Å². The lowest BCUT2D eigenvalue weighted by Crippen LogP contribution is -2.11. The van der Waals surface area contributed by atoms with Gasteiger partial charge in [0.1, 0.15) is 5.75 Å². The number of carbonyl (C=O) groups is 1. The van der Waals surface area contributed by atoms with Gasteiger partial charge in [0.15, 0.2) is 4.34 Å². The number of rotatable bonds is 7. The van der Waals surface area contributed by atoms with Gasteiger partial charge in [-0.05, 0) is 35.2 Å². The van der Waals surface area contributed by atoms with Crippen molar-refractivity contribution in [3.8, 4) is 5.75 Å². The maximum absolute atomic E-state index is 12.3. The predicted molar refractivity (Wildman–Crippen MR) is 111 cm³/mol. The van der Waals surface area contributed by atoms with Crippen LogP contribution in [0, 0.1) is 0 Å². The maximum atomic E-state index is 12.3. The molecule has 2 aromatic carbocycles. The van der Waals surface area contributed by atoms with Crippen molar-refractivity contribution >= 4 is 34.1 Å². The Morgan fingerprint density at radius 1 is 1.19 bits per heavy atom. The van der Waals surface area contributed by atoms with Gasteiger partial charge >= 0.3 is 0 Å². The molecule has 1 aromatic heterocycles. The Bertz CT molecular complexity index is 908. The van der Waals surface area contributed by atoms with Crippen LogP contribution < -0.4 is 10.1 Å². The van der Waals surface area contributed by atoms with Gasteiger partial charge in [0.2, 0.25) is 5.13 Å². The number of benzene rings is 2. The number of amides is 1. The highest BCUT2D eigenvalue weighted by atomic mass is 32.2. The SMILES string of the molecule is COc1cccc(C(=O)Nc2nnc(SCc3ccc(C(C)C)cc3)s2)c1. The van der Waals surface area contributed by atoms with E-state index in [2.05, 4.69) is 53.6 Å². The fraction of sp³-hybridized carbons (Fsp3) is 0.250. The second kappa shape index (κ2) is 9.01. The van der Waals surface area contributed by atoms with Gasteiger partial charge in [0.25, 0.3) is 5.91 Å². The first kappa shape index (κ1) is 19.4. The molecule has 3 rings (SSSR count). The van der Waals surface area contributed by atoms with E-state index in [-0.39, 0.29) is 5.91 Å². The molecule has 0 unspecified atom stereocenters. The largest absolute Gasteiger partial charge is 0.497 e. The minimum Gasteiger partial charge on any atom is -0.497 e. The van der Waals surface area contributed by atoms with Crippen LogP contribution in [0.25, 0.3) is 0 Å². The summed E-state index contributed by atoms with van der Waals surface area (Å²) in [6.45, 7) is 4.37. The summed E-state index contributed by atoms with van der Waals surface area (Å²) in [6, 6.07) is 15.6. The van der Waals surface area contributed by atoms with Gasteiger partial charge in [0.05, 0.1) is 7.11 Å². The van der Waals surface area contributed by atoms with Gasteiger partial charge in [-0.2, -0.15) is 0 Å². The summed E-state index contributed by atoms with van der Waals surface area (Å²) in [5, 5.41) is 11.5. The molecular formula is C20H21N3O2S2. The first-order chi connectivity index (χ1) is 13.0. The average molecular weight is 400 g/mol. The highest BCUT2D eigenvalue weighted by molar-refractivity contribution is 8.00. The molecule has 0 saturated carbocycles. The fourth-order valence-electron chi connectivity index (χ4n) is 2.40. The molecule has 1 heterocycles. The third kappa shape index (κ3) is 5.30. The van der Waals surface area contributed by atoms with Gasteiger partial charge in [-0.1, -0.05) is 67.3 Å². The summed E-state index contributed by atoms with van der Waals surface area (Å²) >= 11 is 2.98. The van der Waals surface area contributed by atoms with Gasteiger partial charge in [-0.15, -0.1) is 10.2 Å². The van der Waals surface area contributed by atoms with Crippen LogP contribution in [0.4, 0.5) is 5.13 Å². The van der Waals surface area contributed by atoms with Crippen LogP contribution in [0.3, 0.4) is 0 Å². The van der Waals surface area contributed by atoms with Gasteiger partial charge in [0, 0.05) is 11.3 Å². The zero-order valence-corrected chi connectivity index (χ0v) is 17.1. The minimum absolute atomic E-state index is 0.231. The topological polar surface area (TPSA) is 64.1 Å². The molecular weight excluding hydrogens is 378 g/mol. The van der Waals surface area contributed by atoms with E-state index in [1.54, 1.807) is 43.1 Å². The first-order valence-corrected chi connectivity index (χ1v) is 10.4. The number of anilines is 1. The number of nitrogens with one attached hydrogen (secondary N) is 1. The molecule has 3 aromatic rings. The van der Waals surface area contributed by atoms with Crippen LogP contribution in [0.5, 0.6) is 5.75 Å². The Hall–Kier alpha value is -2.38. The molecule has 140 valence electrons. The second-order valence-corrected chi connectivity index (χ2v) is 8.44. The minimum atomic E-state index is -0.231. The fourth-order valence-corrected chi connectivity index (χ4v) is 4.10. The third-order valence-corrected chi connectivity index (χ3v) is 6.01. The summed E-state index contributed by atoms with van der Waals surface area (Å²) in [7, 11) is 1.57. The van der Waals surface area contributed by atoms with Crippen LogP contribution in [0.1, 0.15) is 41.3 Å². The number of aromatic nitrogens is 2. The molecule has 5 nitrogen and oxygen atoms in total. The van der Waals surface area contributed by atoms with E-state index >= 15 is 0 Å². The Morgan fingerprint density at radius 3 is 2.67 bits per heavy atom. The molecule has 0 spiro atoms. The number of hydrogen-bond donors (Lipinski definition) is 1. The predicted octanol–water partition coefficient (Wildman–Crippen LogP) is 5.21. The molecule has 0 saturated heterocycles. The number of thioether (sulfide) groups is 1. The molecule has 27 heavy (non-hydrogen) atoms. The summed E-state index contributed by atoms with van der Waals surface area (Å²) in [5.74, 6) is 1.76. The van der Waals surface area contributed by atoms with E-state index in [1.807, 2.05) is 0 Å². The summed E-state index contributed by atoms with van der Waals surface area (Å²) in [5.41, 5.74) is 3.09. The Kier molecular flexibility index (Phi) is 6.47. The number of methoxy groups -OCH3 is 1. The van der Waals surface area contributed by atoms with Crippen LogP contribution in [0.15, 0.2) is 52.9 Å². The number of ether oxygens (including phenoxy) is 1. The molecule has 0 aliphatic rings. The van der Waals surface area contributed by atoms with Gasteiger partial charge < -0.3 is 4.74 Å². The number of carbonyl (C=O) groups excluding carboxylic acids is 1. The van der Waals surface area contributed by atoms with Crippen molar-refractivity contribution in [1.82, 2.24) is 10.2 Å². The standard InChI is InChI=1S/C20H21N3O2S2/c1-13(2)15-9-7-14(8-10-15)12-26-20-23-22-19(27-20)21-18(24)16-5-4-6-17(11-16)25-3/h4-11,13H,12H2,1-3H3,(H,21,22,24). The molecule has 0 radical (unpaired) electrons. The number of hydrogen-bond acceptors (Lipinski definition) is 6. The van der Waals surface area contributed by atoms with Crippen molar-refractivity contribution in [3.05, 3.63) is 65.2 Å². The Labute approximate surface area is 167 Å². The van der Waals surface area contributed by atoms with Crippen LogP contribution in [-0.4, -0.2) is 23.2 Å². The van der Waals surface area contributed by atoms with Crippen molar-refractivity contribution < 1.29 is 9.53 Å². The molecule has 0 aliphatic carbocycles. The Morgan fingerprint density at radius 2 is 1.96 bits per heavy atom.